The van der Waals surface area contributed by atoms with E-state index in [1.807, 2.05) is 24.3 Å². The number of nitrogens with zero attached hydrogens (tertiary/aromatic N) is 1. The predicted octanol–water partition coefficient (Wildman–Crippen LogP) is 0.683. The number of amides is 1. The summed E-state index contributed by atoms with van der Waals surface area (Å²) in [5.41, 5.74) is 7.37. The molecule has 0 aromatic heterocycles. The highest BCUT2D eigenvalue weighted by atomic mass is 16.5. The first kappa shape index (κ1) is 13.8. The van der Waals surface area contributed by atoms with Crippen molar-refractivity contribution >= 4 is 11.6 Å². The van der Waals surface area contributed by atoms with Crippen LogP contribution < -0.4 is 5.73 Å². The molecule has 2 N–H and O–H groups in total. The molecule has 2 rings (SSSR count). The summed E-state index contributed by atoms with van der Waals surface area (Å²) in [4.78, 5) is 14.0. The van der Waals surface area contributed by atoms with Gasteiger partial charge in [0.1, 0.15) is 12.2 Å². The van der Waals surface area contributed by atoms with E-state index in [-0.39, 0.29) is 18.1 Å². The van der Waals surface area contributed by atoms with Gasteiger partial charge in [0.2, 0.25) is 5.91 Å². The number of hydrogen-bond acceptors (Lipinski definition) is 4. The summed E-state index contributed by atoms with van der Waals surface area (Å²) in [6.45, 7) is 1.14. The van der Waals surface area contributed by atoms with Crippen LogP contribution in [-0.4, -0.2) is 50.3 Å². The van der Waals surface area contributed by atoms with Crippen molar-refractivity contribution in [3.8, 4) is 0 Å². The molecule has 0 saturated carbocycles. The van der Waals surface area contributed by atoms with Gasteiger partial charge in [0.25, 0.3) is 0 Å². The van der Waals surface area contributed by atoms with Gasteiger partial charge in [-0.2, -0.15) is 0 Å². The van der Waals surface area contributed by atoms with E-state index in [0.29, 0.717) is 25.2 Å². The molecule has 2 unspecified atom stereocenters. The molecule has 0 radical (unpaired) electrons. The van der Waals surface area contributed by atoms with E-state index >= 15 is 0 Å². The Morgan fingerprint density at radius 3 is 2.37 bits per heavy atom. The molecular weight excluding hydrogens is 244 g/mol. The first-order valence-electron chi connectivity index (χ1n) is 6.32. The lowest BCUT2D eigenvalue weighted by molar-refractivity contribution is -0.130. The summed E-state index contributed by atoms with van der Waals surface area (Å²) in [5.74, 6) is 0.0551. The number of likely N-dealkylation sites (tertiary alicyclic amines) is 1. The molecule has 1 fully saturated rings. The van der Waals surface area contributed by atoms with Gasteiger partial charge in [-0.25, -0.2) is 0 Å². The monoisotopic (exact) mass is 264 g/mol. The molecule has 5 heteroatoms. The van der Waals surface area contributed by atoms with Gasteiger partial charge in [-0.3, -0.25) is 4.79 Å². The second kappa shape index (κ2) is 6.04. The molecule has 0 aliphatic carbocycles. The van der Waals surface area contributed by atoms with Crippen LogP contribution in [0.3, 0.4) is 0 Å². The van der Waals surface area contributed by atoms with E-state index in [2.05, 4.69) is 0 Å². The van der Waals surface area contributed by atoms with Crippen molar-refractivity contribution in [2.24, 2.45) is 0 Å². The highest BCUT2D eigenvalue weighted by Gasteiger charge is 2.35. The van der Waals surface area contributed by atoms with Gasteiger partial charge in [0.05, 0.1) is 6.42 Å². The number of benzene rings is 1. The van der Waals surface area contributed by atoms with Crippen LogP contribution in [0.15, 0.2) is 24.3 Å². The Morgan fingerprint density at radius 2 is 1.84 bits per heavy atom. The molecule has 5 nitrogen and oxygen atoms in total. The van der Waals surface area contributed by atoms with Crippen LogP contribution in [0.2, 0.25) is 0 Å². The zero-order valence-electron chi connectivity index (χ0n) is 11.3. The van der Waals surface area contributed by atoms with Gasteiger partial charge in [-0.1, -0.05) is 18.2 Å². The van der Waals surface area contributed by atoms with Crippen LogP contribution in [0.4, 0.5) is 5.69 Å². The first-order valence-corrected chi connectivity index (χ1v) is 6.32. The lowest BCUT2D eigenvalue weighted by Gasteiger charge is -2.16. The molecule has 1 amide bonds. The number of nitrogen functional groups attached to an aromatic ring is 1. The average molecular weight is 264 g/mol. The number of nitrogens with two attached hydrogens (primary N) is 1. The minimum absolute atomic E-state index is 0.0536. The second-order valence-corrected chi connectivity index (χ2v) is 4.72. The summed E-state index contributed by atoms with van der Waals surface area (Å²) in [6, 6.07) is 7.44. The molecule has 0 spiro atoms. The van der Waals surface area contributed by atoms with Crippen molar-refractivity contribution in [1.29, 1.82) is 0 Å². The lowest BCUT2D eigenvalue weighted by Crippen LogP contribution is -2.31. The molecule has 1 heterocycles. The van der Waals surface area contributed by atoms with Gasteiger partial charge >= 0.3 is 0 Å². The molecule has 1 aliphatic rings. The summed E-state index contributed by atoms with van der Waals surface area (Å²) in [5, 5.41) is 0. The minimum atomic E-state index is -0.0536. The lowest BCUT2D eigenvalue weighted by atomic mass is 10.1. The minimum Gasteiger partial charge on any atom is -0.398 e. The fraction of sp³-hybridized carbons (Fsp3) is 0.500. The van der Waals surface area contributed by atoms with E-state index in [0.717, 1.165) is 5.56 Å². The molecule has 104 valence electrons. The van der Waals surface area contributed by atoms with E-state index in [1.54, 1.807) is 19.1 Å². The number of ether oxygens (including phenoxy) is 2. The molecule has 1 aromatic carbocycles. The molecule has 1 aromatic rings. The van der Waals surface area contributed by atoms with Crippen LogP contribution in [-0.2, 0) is 20.7 Å². The molecule has 1 saturated heterocycles. The highest BCUT2D eigenvalue weighted by molar-refractivity contribution is 5.80. The van der Waals surface area contributed by atoms with Crippen molar-refractivity contribution in [3.05, 3.63) is 29.8 Å². The SMILES string of the molecule is COC1CN(C(=O)Cc2ccccc2N)CC1OC. The molecule has 19 heavy (non-hydrogen) atoms. The van der Waals surface area contributed by atoms with Crippen LogP contribution in [0.25, 0.3) is 0 Å². The molecule has 1 aliphatic heterocycles. The standard InChI is InChI=1S/C14H20N2O3/c1-18-12-8-16(9-13(12)19-2)14(17)7-10-5-3-4-6-11(10)15/h3-6,12-13H,7-9,15H2,1-2H3. The summed E-state index contributed by atoms with van der Waals surface area (Å²) >= 11 is 0. The van der Waals surface area contributed by atoms with Crippen LogP contribution in [0.1, 0.15) is 5.56 Å². The Kier molecular flexibility index (Phi) is 4.39. The predicted molar refractivity (Wildman–Crippen MR) is 72.7 cm³/mol. The molecular formula is C14H20N2O3. The Balaban J connectivity index is 2.00. The number of carbonyl (C=O) groups is 1. The molecule has 0 bridgehead atoms. The zero-order chi connectivity index (χ0) is 13.8. The Labute approximate surface area is 113 Å². The van der Waals surface area contributed by atoms with E-state index in [9.17, 15) is 4.79 Å². The number of rotatable bonds is 4. The third-order valence-corrected chi connectivity index (χ3v) is 3.57. The first-order chi connectivity index (χ1) is 9.15. The third kappa shape index (κ3) is 3.05. The van der Waals surface area contributed by atoms with E-state index in [1.165, 1.54) is 0 Å². The topological polar surface area (TPSA) is 64.8 Å². The van der Waals surface area contributed by atoms with E-state index < -0.39 is 0 Å². The molecule has 2 atom stereocenters. The van der Waals surface area contributed by atoms with Gasteiger partial charge in [-0.15, -0.1) is 0 Å². The second-order valence-electron chi connectivity index (χ2n) is 4.72. The smallest absolute Gasteiger partial charge is 0.227 e. The average Bonchev–Trinajstić information content (AvgIpc) is 2.84. The Morgan fingerprint density at radius 1 is 1.26 bits per heavy atom. The quantitative estimate of drug-likeness (QED) is 0.812. The normalized spacial score (nSPS) is 22.7. The van der Waals surface area contributed by atoms with E-state index in [4.69, 9.17) is 15.2 Å². The number of hydrogen-bond donors (Lipinski definition) is 1. The summed E-state index contributed by atoms with van der Waals surface area (Å²) < 4.78 is 10.7. The highest BCUT2D eigenvalue weighted by Crippen LogP contribution is 2.18. The van der Waals surface area contributed by atoms with Gasteiger partial charge in [0, 0.05) is 33.0 Å². The summed E-state index contributed by atoms with van der Waals surface area (Å²) in [6.07, 6.45) is 0.212. The number of methoxy groups -OCH3 is 2. The van der Waals surface area contributed by atoms with Crippen molar-refractivity contribution in [2.45, 2.75) is 18.6 Å². The van der Waals surface area contributed by atoms with Crippen molar-refractivity contribution < 1.29 is 14.3 Å². The maximum absolute atomic E-state index is 12.2. The van der Waals surface area contributed by atoms with Crippen molar-refractivity contribution in [1.82, 2.24) is 4.90 Å². The van der Waals surface area contributed by atoms with Gasteiger partial charge in [-0.05, 0) is 11.6 Å². The number of para-hydroxylation sites is 1. The number of anilines is 1. The van der Waals surface area contributed by atoms with Crippen LogP contribution in [0, 0.1) is 0 Å². The van der Waals surface area contributed by atoms with Gasteiger partial charge in [0.15, 0.2) is 0 Å². The Hall–Kier alpha value is -1.59. The number of carbonyl (C=O) groups excluding carboxylic acids is 1. The maximum Gasteiger partial charge on any atom is 0.227 e. The maximum atomic E-state index is 12.2. The largest absolute Gasteiger partial charge is 0.398 e. The zero-order valence-corrected chi connectivity index (χ0v) is 11.3. The Bertz CT molecular complexity index is 438. The fourth-order valence-electron chi connectivity index (χ4n) is 2.37. The van der Waals surface area contributed by atoms with Crippen molar-refractivity contribution in [2.75, 3.05) is 33.0 Å². The third-order valence-electron chi connectivity index (χ3n) is 3.57. The fourth-order valence-corrected chi connectivity index (χ4v) is 2.37. The van der Waals surface area contributed by atoms with Crippen LogP contribution in [0.5, 0.6) is 0 Å². The van der Waals surface area contributed by atoms with Crippen LogP contribution >= 0.6 is 0 Å². The summed E-state index contributed by atoms with van der Waals surface area (Å²) in [7, 11) is 3.28. The van der Waals surface area contributed by atoms with Crippen molar-refractivity contribution in [3.63, 3.8) is 0 Å². The van der Waals surface area contributed by atoms with Gasteiger partial charge < -0.3 is 20.1 Å².